The number of benzene rings is 1. The molecule has 7 heteroatoms. The van der Waals surface area contributed by atoms with Gasteiger partial charge in [-0.3, -0.25) is 0 Å². The van der Waals surface area contributed by atoms with E-state index in [1.54, 1.807) is 11.3 Å². The Labute approximate surface area is 251 Å². The molecule has 3 rings (SSSR count). The number of carbonyl (C=O) groups excluding carboxylic acids is 1. The molecule has 0 unspecified atom stereocenters. The first-order chi connectivity index (χ1) is 19.0. The van der Waals surface area contributed by atoms with Crippen molar-refractivity contribution in [2.75, 3.05) is 25.1 Å². The summed E-state index contributed by atoms with van der Waals surface area (Å²) in [5, 5.41) is 7.98. The molecule has 2 aromatic rings. The molecule has 0 atom stereocenters. The van der Waals surface area contributed by atoms with Gasteiger partial charge in [0.05, 0.1) is 18.8 Å². The molecule has 0 saturated heterocycles. The lowest BCUT2D eigenvalue weighted by molar-refractivity contribution is 0.0527. The van der Waals surface area contributed by atoms with E-state index in [2.05, 4.69) is 70.4 Å². The van der Waals surface area contributed by atoms with Crippen molar-refractivity contribution in [1.82, 2.24) is 5.32 Å². The van der Waals surface area contributed by atoms with Crippen molar-refractivity contribution in [3.8, 4) is 5.75 Å². The van der Waals surface area contributed by atoms with Gasteiger partial charge >= 0.3 is 5.97 Å². The van der Waals surface area contributed by atoms with Crippen LogP contribution in [0.2, 0.25) is 0 Å². The molecule has 1 heterocycles. The zero-order valence-corrected chi connectivity index (χ0v) is 27.4. The van der Waals surface area contributed by atoms with Crippen molar-refractivity contribution in [2.45, 2.75) is 117 Å². The van der Waals surface area contributed by atoms with Crippen molar-refractivity contribution in [1.29, 1.82) is 0 Å². The summed E-state index contributed by atoms with van der Waals surface area (Å²) in [6.45, 7) is 17.3. The number of carbonyl (C=O) groups is 1. The molecule has 0 radical (unpaired) electrons. The van der Waals surface area contributed by atoms with Crippen LogP contribution in [-0.2, 0) is 28.4 Å². The third-order valence-corrected chi connectivity index (χ3v) is 9.95. The highest BCUT2D eigenvalue weighted by Crippen LogP contribution is 2.39. The van der Waals surface area contributed by atoms with Crippen LogP contribution in [0.5, 0.6) is 5.75 Å². The molecule has 1 aromatic heterocycles. The van der Waals surface area contributed by atoms with Crippen LogP contribution in [0.3, 0.4) is 0 Å². The van der Waals surface area contributed by atoms with Crippen LogP contribution >= 0.6 is 23.6 Å². The second kappa shape index (κ2) is 14.7. The normalized spacial score (nSPS) is 13.8. The minimum atomic E-state index is -0.249. The van der Waals surface area contributed by atoms with Crippen molar-refractivity contribution in [2.24, 2.45) is 0 Å². The number of thiophene rings is 1. The molecule has 40 heavy (non-hydrogen) atoms. The van der Waals surface area contributed by atoms with E-state index in [0.29, 0.717) is 23.9 Å². The summed E-state index contributed by atoms with van der Waals surface area (Å²) in [4.78, 5) is 14.1. The van der Waals surface area contributed by atoms with Gasteiger partial charge in [0.2, 0.25) is 0 Å². The number of fused-ring (bicyclic) bond motifs is 1. The molecule has 1 aliphatic rings. The lowest BCUT2D eigenvalue weighted by atomic mass is 9.76. The minimum Gasteiger partial charge on any atom is -0.493 e. The van der Waals surface area contributed by atoms with E-state index in [4.69, 9.17) is 21.7 Å². The Morgan fingerprint density at radius 2 is 1.73 bits per heavy atom. The number of anilines is 1. The highest BCUT2D eigenvalue weighted by atomic mass is 32.1. The Balaban J connectivity index is 1.54. The number of rotatable bonds is 13. The highest BCUT2D eigenvalue weighted by molar-refractivity contribution is 7.80. The van der Waals surface area contributed by atoms with Crippen LogP contribution in [0.1, 0.15) is 125 Å². The molecule has 0 fully saturated rings. The molecule has 222 valence electrons. The SMILES string of the molecule is CCOC(=O)c1c(NC(=S)NCCCCOc2ccc(C(C)(C)CC)cc2C(C)(C)CC)sc2c1CCCCC2. The third-order valence-electron chi connectivity index (χ3n) is 8.50. The summed E-state index contributed by atoms with van der Waals surface area (Å²) < 4.78 is 11.7. The fraction of sp³-hybridized carbons (Fsp3) is 0.636. The maximum Gasteiger partial charge on any atom is 0.341 e. The number of hydrogen-bond acceptors (Lipinski definition) is 5. The number of unbranched alkanes of at least 4 members (excludes halogenated alkanes) is 1. The van der Waals surface area contributed by atoms with E-state index in [9.17, 15) is 4.79 Å². The van der Waals surface area contributed by atoms with E-state index >= 15 is 0 Å². The van der Waals surface area contributed by atoms with Gasteiger partial charge in [0, 0.05) is 17.0 Å². The Hall–Kier alpha value is -2.12. The standard InChI is InChI=1S/C33H50N2O3S2/c1-8-32(4,5)23-18-19-26(25(22-23)33(6,7)9-2)38-21-15-14-20-34-31(39)35-29-28(30(36)37-10-3)24-16-12-11-13-17-27(24)40-29/h18-19,22H,8-17,20-21H2,1-7H3,(H2,34,35,39). The second-order valence-corrected chi connectivity index (χ2v) is 13.6. The zero-order chi connectivity index (χ0) is 29.3. The molecule has 2 N–H and O–H groups in total. The van der Waals surface area contributed by atoms with Gasteiger partial charge < -0.3 is 20.1 Å². The number of nitrogens with one attached hydrogen (secondary N) is 2. The van der Waals surface area contributed by atoms with Gasteiger partial charge in [0.25, 0.3) is 0 Å². The van der Waals surface area contributed by atoms with E-state index in [1.165, 1.54) is 22.4 Å². The number of ether oxygens (including phenoxy) is 2. The summed E-state index contributed by atoms with van der Waals surface area (Å²) in [5.74, 6) is 0.748. The number of hydrogen-bond donors (Lipinski definition) is 2. The van der Waals surface area contributed by atoms with Gasteiger partial charge in [-0.1, -0.05) is 60.1 Å². The van der Waals surface area contributed by atoms with Gasteiger partial charge in [0.15, 0.2) is 5.11 Å². The predicted octanol–water partition coefficient (Wildman–Crippen LogP) is 8.71. The minimum absolute atomic E-state index is 0.0527. The van der Waals surface area contributed by atoms with Gasteiger partial charge in [-0.15, -0.1) is 11.3 Å². The molecule has 1 aliphatic carbocycles. The third kappa shape index (κ3) is 8.22. The highest BCUT2D eigenvalue weighted by Gasteiger charge is 2.27. The quantitative estimate of drug-likeness (QED) is 0.106. The summed E-state index contributed by atoms with van der Waals surface area (Å²) in [6.07, 6.45) is 9.43. The molecule has 0 spiro atoms. The Bertz CT molecular complexity index is 1150. The Morgan fingerprint density at radius 3 is 2.42 bits per heavy atom. The Morgan fingerprint density at radius 1 is 1.00 bits per heavy atom. The predicted molar refractivity (Wildman–Crippen MR) is 174 cm³/mol. The van der Waals surface area contributed by atoms with Crippen molar-refractivity contribution in [3.63, 3.8) is 0 Å². The molecule has 1 aromatic carbocycles. The van der Waals surface area contributed by atoms with Gasteiger partial charge in [-0.25, -0.2) is 4.79 Å². The average Bonchev–Trinajstić information content (AvgIpc) is 3.10. The van der Waals surface area contributed by atoms with Crippen LogP contribution < -0.4 is 15.4 Å². The topological polar surface area (TPSA) is 59.6 Å². The monoisotopic (exact) mass is 586 g/mol. The molecule has 0 saturated carbocycles. The number of thiocarbonyl (C=S) groups is 1. The van der Waals surface area contributed by atoms with E-state index in [0.717, 1.165) is 74.2 Å². The van der Waals surface area contributed by atoms with Crippen LogP contribution in [0, 0.1) is 0 Å². The fourth-order valence-corrected chi connectivity index (χ4v) is 6.56. The van der Waals surface area contributed by atoms with Gasteiger partial charge in [0.1, 0.15) is 10.8 Å². The van der Waals surface area contributed by atoms with Crippen molar-refractivity contribution >= 4 is 39.6 Å². The second-order valence-electron chi connectivity index (χ2n) is 12.1. The number of esters is 1. The molecule has 5 nitrogen and oxygen atoms in total. The first-order valence-electron chi connectivity index (χ1n) is 15.2. The van der Waals surface area contributed by atoms with E-state index in [-0.39, 0.29) is 16.8 Å². The first kappa shape index (κ1) is 32.4. The molecular formula is C33H50N2O3S2. The van der Waals surface area contributed by atoms with Gasteiger partial charge in [-0.2, -0.15) is 0 Å². The molecule has 0 bridgehead atoms. The van der Waals surface area contributed by atoms with Crippen LogP contribution in [-0.4, -0.2) is 30.8 Å². The largest absolute Gasteiger partial charge is 0.493 e. The van der Waals surface area contributed by atoms with E-state index in [1.807, 2.05) is 6.92 Å². The molecule has 0 aliphatic heterocycles. The van der Waals surface area contributed by atoms with Crippen LogP contribution in [0.4, 0.5) is 5.00 Å². The smallest absolute Gasteiger partial charge is 0.341 e. The zero-order valence-electron chi connectivity index (χ0n) is 25.8. The van der Waals surface area contributed by atoms with E-state index < -0.39 is 0 Å². The molecule has 0 amide bonds. The lowest BCUT2D eigenvalue weighted by Crippen LogP contribution is -2.29. The van der Waals surface area contributed by atoms with Gasteiger partial charge in [-0.05, 0) is 98.5 Å². The summed E-state index contributed by atoms with van der Waals surface area (Å²) in [6, 6.07) is 6.76. The fourth-order valence-electron chi connectivity index (χ4n) is 5.01. The van der Waals surface area contributed by atoms with Crippen LogP contribution in [0.25, 0.3) is 0 Å². The Kier molecular flexibility index (Phi) is 11.9. The first-order valence-corrected chi connectivity index (χ1v) is 16.4. The number of aryl methyl sites for hydroxylation is 1. The summed E-state index contributed by atoms with van der Waals surface area (Å²) >= 11 is 7.25. The van der Waals surface area contributed by atoms with Crippen molar-refractivity contribution < 1.29 is 14.3 Å². The van der Waals surface area contributed by atoms with Crippen molar-refractivity contribution in [3.05, 3.63) is 45.3 Å². The lowest BCUT2D eigenvalue weighted by Gasteiger charge is -2.30. The molecular weight excluding hydrogens is 537 g/mol. The maximum atomic E-state index is 12.8. The average molecular weight is 587 g/mol. The maximum absolute atomic E-state index is 12.8. The summed E-state index contributed by atoms with van der Waals surface area (Å²) in [7, 11) is 0. The summed E-state index contributed by atoms with van der Waals surface area (Å²) in [5.41, 5.74) is 4.70. The van der Waals surface area contributed by atoms with Crippen LogP contribution in [0.15, 0.2) is 18.2 Å².